The molecule has 0 spiro atoms. The third kappa shape index (κ3) is 7.29. The number of carboxylic acids is 1. The molecule has 0 heterocycles. The summed E-state index contributed by atoms with van der Waals surface area (Å²) in [5.74, 6) is -1.19. The molecule has 0 fully saturated rings. The van der Waals surface area contributed by atoms with Crippen LogP contribution in [0.3, 0.4) is 0 Å². The number of hydrogen-bond donors (Lipinski definition) is 3. The molecule has 2 atom stereocenters. The molecule has 10 heteroatoms. The maximum atomic E-state index is 12.9. The summed E-state index contributed by atoms with van der Waals surface area (Å²) in [5.41, 5.74) is 1.56. The summed E-state index contributed by atoms with van der Waals surface area (Å²) in [6.07, 6.45) is -0.0765. The normalized spacial score (nSPS) is 13.1. The first-order valence-electron chi connectivity index (χ1n) is 10.1. The van der Waals surface area contributed by atoms with Crippen molar-refractivity contribution in [2.45, 2.75) is 35.3 Å². The van der Waals surface area contributed by atoms with E-state index >= 15 is 0 Å². The Morgan fingerprint density at radius 2 is 1.71 bits per heavy atom. The van der Waals surface area contributed by atoms with Crippen molar-refractivity contribution in [2.24, 2.45) is 0 Å². The van der Waals surface area contributed by atoms with Gasteiger partial charge in [-0.1, -0.05) is 47.5 Å². The first-order chi connectivity index (χ1) is 15.6. The first-order valence-corrected chi connectivity index (χ1v) is 12.4. The number of halogens is 2. The summed E-state index contributed by atoms with van der Waals surface area (Å²) in [6, 6.07) is 17.1. The molecule has 0 unspecified atom stereocenters. The topological polar surface area (TPSA) is 104 Å². The summed E-state index contributed by atoms with van der Waals surface area (Å²) >= 11 is 12.0. The molecular formula is C24H24Cl2NNaO5S. The van der Waals surface area contributed by atoms with Crippen LogP contribution in [0.1, 0.15) is 34.5 Å². The second-order valence-electron chi connectivity index (χ2n) is 7.68. The fourth-order valence-corrected chi connectivity index (χ4v) is 5.35. The molecule has 0 amide bonds. The molecule has 0 aliphatic rings. The Labute approximate surface area is 231 Å². The van der Waals surface area contributed by atoms with E-state index in [1.807, 2.05) is 13.0 Å². The van der Waals surface area contributed by atoms with Crippen LogP contribution in [0.15, 0.2) is 76.5 Å². The van der Waals surface area contributed by atoms with Gasteiger partial charge >= 0.3 is 35.5 Å². The molecule has 0 radical (unpaired) electrons. The third-order valence-electron chi connectivity index (χ3n) is 5.14. The molecule has 0 aliphatic heterocycles. The van der Waals surface area contributed by atoms with E-state index in [1.165, 1.54) is 24.3 Å². The van der Waals surface area contributed by atoms with Crippen molar-refractivity contribution >= 4 is 68.6 Å². The zero-order valence-corrected chi connectivity index (χ0v) is 20.0. The first kappa shape index (κ1) is 28.8. The van der Waals surface area contributed by atoms with Crippen molar-refractivity contribution in [1.29, 1.82) is 0 Å². The number of carbonyl (C=O) groups is 1. The number of aromatic carboxylic acids is 1. The van der Waals surface area contributed by atoms with Gasteiger partial charge in [0.05, 0.1) is 26.5 Å². The molecule has 34 heavy (non-hydrogen) atoms. The van der Waals surface area contributed by atoms with Crippen LogP contribution in [0.25, 0.3) is 0 Å². The molecule has 6 nitrogen and oxygen atoms in total. The fraction of sp³-hybridized carbons (Fsp3) is 0.208. The van der Waals surface area contributed by atoms with Crippen LogP contribution in [0.4, 0.5) is 0 Å². The zero-order chi connectivity index (χ0) is 24.2. The Kier molecular flexibility index (Phi) is 10.6. The summed E-state index contributed by atoms with van der Waals surface area (Å²) in [4.78, 5) is 11.0. The Balaban J connectivity index is 0.00000408. The zero-order valence-electron chi connectivity index (χ0n) is 17.7. The SMILES string of the molecule is C[C@H](Cc1ccc(S(=O)(=O)c2ccc(C(=O)O)cc2Cl)cc1)NC[C@@H](O)c1cccc(Cl)c1.[NaH]. The van der Waals surface area contributed by atoms with Gasteiger partial charge in [0.1, 0.15) is 0 Å². The second-order valence-corrected chi connectivity index (χ2v) is 10.4. The molecule has 0 aromatic heterocycles. The summed E-state index contributed by atoms with van der Waals surface area (Å²) in [6.45, 7) is 2.32. The van der Waals surface area contributed by atoms with Crippen LogP contribution in [-0.4, -0.2) is 66.7 Å². The Morgan fingerprint density at radius 1 is 1.03 bits per heavy atom. The van der Waals surface area contributed by atoms with Gasteiger partial charge in [-0.3, -0.25) is 0 Å². The van der Waals surface area contributed by atoms with Crippen LogP contribution >= 0.6 is 23.2 Å². The van der Waals surface area contributed by atoms with E-state index in [2.05, 4.69) is 5.32 Å². The Morgan fingerprint density at radius 3 is 2.29 bits per heavy atom. The van der Waals surface area contributed by atoms with E-state index in [0.717, 1.165) is 17.2 Å². The number of hydrogen-bond acceptors (Lipinski definition) is 5. The molecule has 0 bridgehead atoms. The number of benzene rings is 3. The molecular weight excluding hydrogens is 508 g/mol. The second kappa shape index (κ2) is 12.5. The number of rotatable bonds is 9. The number of carboxylic acid groups (broad SMARTS) is 1. The van der Waals surface area contributed by atoms with E-state index in [0.29, 0.717) is 18.0 Å². The van der Waals surface area contributed by atoms with Gasteiger partial charge < -0.3 is 15.5 Å². The van der Waals surface area contributed by atoms with Gasteiger partial charge in [0.2, 0.25) is 9.84 Å². The van der Waals surface area contributed by atoms with Crippen molar-refractivity contribution in [1.82, 2.24) is 5.32 Å². The van der Waals surface area contributed by atoms with Crippen LogP contribution in [0.2, 0.25) is 10.0 Å². The minimum absolute atomic E-state index is 0. The number of aliphatic hydroxyl groups excluding tert-OH is 1. The van der Waals surface area contributed by atoms with E-state index < -0.39 is 21.9 Å². The number of sulfone groups is 1. The van der Waals surface area contributed by atoms with Crippen molar-refractivity contribution < 1.29 is 23.4 Å². The van der Waals surface area contributed by atoms with Crippen LogP contribution in [-0.2, 0) is 16.3 Å². The number of aliphatic hydroxyl groups is 1. The van der Waals surface area contributed by atoms with Crippen molar-refractivity contribution in [3.05, 3.63) is 93.5 Å². The van der Waals surface area contributed by atoms with E-state index in [-0.39, 0.29) is 56.0 Å². The van der Waals surface area contributed by atoms with Crippen molar-refractivity contribution in [2.75, 3.05) is 6.54 Å². The summed E-state index contributed by atoms with van der Waals surface area (Å²) < 4.78 is 25.8. The van der Waals surface area contributed by atoms with E-state index in [4.69, 9.17) is 28.3 Å². The predicted molar refractivity (Wildman–Crippen MR) is 135 cm³/mol. The van der Waals surface area contributed by atoms with Crippen molar-refractivity contribution in [3.63, 3.8) is 0 Å². The van der Waals surface area contributed by atoms with Gasteiger partial charge in [0.15, 0.2) is 0 Å². The van der Waals surface area contributed by atoms with Crippen LogP contribution in [0, 0.1) is 0 Å². The maximum absolute atomic E-state index is 12.9. The van der Waals surface area contributed by atoms with Gasteiger partial charge in [-0.15, -0.1) is 0 Å². The Bertz CT molecular complexity index is 1250. The molecule has 3 rings (SSSR count). The van der Waals surface area contributed by atoms with E-state index in [1.54, 1.807) is 30.3 Å². The van der Waals surface area contributed by atoms with Crippen LogP contribution in [0.5, 0.6) is 0 Å². The predicted octanol–water partition coefficient (Wildman–Crippen LogP) is 4.13. The molecule has 3 aromatic rings. The average Bonchev–Trinajstić information content (AvgIpc) is 2.77. The number of nitrogens with one attached hydrogen (secondary N) is 1. The van der Waals surface area contributed by atoms with Crippen LogP contribution < -0.4 is 5.32 Å². The summed E-state index contributed by atoms with van der Waals surface area (Å²) in [7, 11) is -3.90. The minimum atomic E-state index is -3.90. The molecule has 3 aromatic carbocycles. The van der Waals surface area contributed by atoms with Gasteiger partial charge in [-0.25, -0.2) is 13.2 Å². The monoisotopic (exact) mass is 531 g/mol. The molecule has 3 N–H and O–H groups in total. The molecule has 0 saturated carbocycles. The summed E-state index contributed by atoms with van der Waals surface area (Å²) in [5, 5.41) is 23.0. The third-order valence-corrected chi connectivity index (χ3v) is 7.62. The van der Waals surface area contributed by atoms with Crippen molar-refractivity contribution in [3.8, 4) is 0 Å². The molecule has 176 valence electrons. The van der Waals surface area contributed by atoms with Gasteiger partial charge in [0, 0.05) is 17.6 Å². The average molecular weight is 532 g/mol. The van der Waals surface area contributed by atoms with Gasteiger partial charge in [0.25, 0.3) is 0 Å². The van der Waals surface area contributed by atoms with Gasteiger partial charge in [-0.2, -0.15) is 0 Å². The quantitative estimate of drug-likeness (QED) is 0.358. The standard InChI is InChI=1S/C24H23Cl2NO5S.Na.H/c1-15(27-14-22(28)17-3-2-4-19(25)12-17)11-16-5-8-20(9-6-16)33(31,32)23-10-7-18(24(29)30)13-21(23)26;;/h2-10,12-13,15,22,27-28H,11,14H2,1H3,(H,29,30);;/t15-,22-;;/m1../s1. The van der Waals surface area contributed by atoms with Gasteiger partial charge in [-0.05, 0) is 66.9 Å². The van der Waals surface area contributed by atoms with E-state index in [9.17, 15) is 18.3 Å². The molecule has 0 saturated heterocycles. The fourth-order valence-electron chi connectivity index (χ4n) is 3.35. The molecule has 0 aliphatic carbocycles. The Hall–Kier alpha value is -1.42.